The molecule has 0 aromatic heterocycles. The molecular formula is C53H66Cl2F2LiN8O9-. The number of hydrogen-bond donors (Lipinski definition) is 4. The fourth-order valence-electron chi connectivity index (χ4n) is 10.4. The quantitative estimate of drug-likeness (QED) is 0.0616. The van der Waals surface area contributed by atoms with Crippen LogP contribution in [0.5, 0.6) is 0 Å². The number of likely N-dealkylation sites (tertiary alicyclic amines) is 2. The number of amides is 6. The summed E-state index contributed by atoms with van der Waals surface area (Å²) in [5.74, 6) is -2.87. The largest absolute Gasteiger partial charge is 1.00 e. The number of hydrogen-bond acceptors (Lipinski definition) is 9. The number of benzene rings is 4. The molecule has 2 unspecified atom stereocenters. The van der Waals surface area contributed by atoms with Crippen molar-refractivity contribution in [1.29, 1.82) is 0 Å². The summed E-state index contributed by atoms with van der Waals surface area (Å²) in [4.78, 5) is 83.3. The summed E-state index contributed by atoms with van der Waals surface area (Å²) >= 11 is 12.2. The van der Waals surface area contributed by atoms with Crippen molar-refractivity contribution in [2.45, 2.75) is 90.4 Å². The second-order valence-corrected chi connectivity index (χ2v) is 19.9. The van der Waals surface area contributed by atoms with Gasteiger partial charge in [0.05, 0.1) is 30.0 Å². The SMILES string of the molecule is CC[C@H](C)[C@H](NC(=O)N1CCC2(CC1)C(=O)N(c1cccc(F)c1)C2c1ccc(Cl)cc1)C(=O)O.CC[C@H](C)[C@H](NC(=O)N1CCC2(CC1)C(=O)N(c1cccc(F)c1)C2c1ccc(Cl)cc1)C(=O)OC.N.[Li+].[NH2-].[OH-]. The van der Waals surface area contributed by atoms with Gasteiger partial charge >= 0.3 is 42.9 Å². The van der Waals surface area contributed by atoms with Crippen molar-refractivity contribution in [3.8, 4) is 0 Å². The molecule has 6 amide bonds. The molecule has 402 valence electrons. The molecule has 0 aliphatic carbocycles. The molecule has 17 nitrogen and oxygen atoms in total. The second-order valence-electron chi connectivity index (χ2n) is 19.0. The van der Waals surface area contributed by atoms with Gasteiger partial charge in [-0.15, -0.1) is 0 Å². The van der Waals surface area contributed by atoms with Crippen LogP contribution in [0, 0.1) is 34.3 Å². The van der Waals surface area contributed by atoms with Crippen LogP contribution in [0.25, 0.3) is 6.15 Å². The van der Waals surface area contributed by atoms with Crippen LogP contribution in [0.3, 0.4) is 0 Å². The number of nitrogens with one attached hydrogen (secondary N) is 2. The number of piperidine rings is 2. The summed E-state index contributed by atoms with van der Waals surface area (Å²) in [6, 6.07) is 23.4. The number of carboxylic acid groups (broad SMARTS) is 1. The van der Waals surface area contributed by atoms with E-state index in [4.69, 9.17) is 27.9 Å². The minimum absolute atomic E-state index is 0. The van der Waals surface area contributed by atoms with Crippen LogP contribution in [0.1, 0.15) is 89.4 Å². The van der Waals surface area contributed by atoms with Gasteiger partial charge in [-0.05, 0) is 109 Å². The molecule has 8 rings (SSSR count). The van der Waals surface area contributed by atoms with E-state index in [1.165, 1.54) is 31.4 Å². The van der Waals surface area contributed by atoms with Gasteiger partial charge in [-0.2, -0.15) is 0 Å². The summed E-state index contributed by atoms with van der Waals surface area (Å²) in [5.41, 5.74) is 1.33. The fraction of sp³-hybridized carbons (Fsp3) is 0.434. The number of carbonyl (C=O) groups is 6. The van der Waals surface area contributed by atoms with Gasteiger partial charge in [0.1, 0.15) is 23.7 Å². The number of rotatable bonds is 12. The number of anilines is 2. The average Bonchev–Trinajstić information content (AvgIpc) is 3.37. The first-order chi connectivity index (χ1) is 33.9. The summed E-state index contributed by atoms with van der Waals surface area (Å²) in [5, 5.41) is 16.1. The zero-order chi connectivity index (χ0) is 51.4. The van der Waals surface area contributed by atoms with Crippen LogP contribution in [0.2, 0.25) is 10.0 Å². The fourth-order valence-corrected chi connectivity index (χ4v) is 10.7. The van der Waals surface area contributed by atoms with Crippen LogP contribution in [0.4, 0.5) is 29.7 Å². The molecule has 75 heavy (non-hydrogen) atoms. The van der Waals surface area contributed by atoms with E-state index in [2.05, 4.69) is 10.6 Å². The van der Waals surface area contributed by atoms with E-state index >= 15 is 0 Å². The molecule has 4 aliphatic heterocycles. The Bertz CT molecular complexity index is 2630. The first-order valence-electron chi connectivity index (χ1n) is 24.0. The van der Waals surface area contributed by atoms with Crippen molar-refractivity contribution in [2.24, 2.45) is 22.7 Å². The Morgan fingerprint density at radius 3 is 1.33 bits per heavy atom. The standard InChI is InChI=1S/C27H31ClFN3O4.C26H29ClFN3O4.Li.H3N.H2N.H2O/c1-4-17(2)22(24(33)36-3)30-26(35)31-14-12-27(13-15-31)23(18-8-10-19(28)11-9-18)32(25(27)34)21-7-5-6-20(29)16-21;1-3-16(2)21(23(32)33)29-25(35)30-13-11-26(12-14-30)22(17-7-9-18(27)10-8-17)31(24(26)34)20-6-4-5-19(28)15-20;;;;/h5-11,16-17,22-23H,4,12-15H2,1-3H3,(H,30,35);4-10,15-16,21-22H,3,11-14H2,1-2H3,(H,29,35)(H,32,33);;1H3;2*1H2/q;;+1;;-1;/p-1/t17-,22-,23?;16-,21-,22?;;;;/m00..../s1. The van der Waals surface area contributed by atoms with Crippen molar-refractivity contribution in [2.75, 3.05) is 43.1 Å². The molecule has 4 fully saturated rings. The van der Waals surface area contributed by atoms with Gasteiger partial charge in [-0.25, -0.2) is 28.0 Å². The van der Waals surface area contributed by atoms with Crippen LogP contribution >= 0.6 is 23.2 Å². The van der Waals surface area contributed by atoms with E-state index in [1.54, 1.807) is 75.1 Å². The zero-order valence-corrected chi connectivity index (χ0v) is 44.6. The van der Waals surface area contributed by atoms with Crippen molar-refractivity contribution >= 4 is 70.4 Å². The Kier molecular flexibility index (Phi) is 22.7. The summed E-state index contributed by atoms with van der Waals surface area (Å²) < 4.78 is 32.8. The maximum absolute atomic E-state index is 14.0. The third kappa shape index (κ3) is 12.9. The Labute approximate surface area is 458 Å². The summed E-state index contributed by atoms with van der Waals surface area (Å²) in [7, 11) is 1.30. The van der Waals surface area contributed by atoms with Crippen LogP contribution in [-0.2, 0) is 23.9 Å². The second kappa shape index (κ2) is 26.8. The van der Waals surface area contributed by atoms with E-state index in [-0.39, 0.29) is 78.4 Å². The van der Waals surface area contributed by atoms with Crippen molar-refractivity contribution < 1.29 is 71.7 Å². The molecule has 22 heteroatoms. The maximum Gasteiger partial charge on any atom is 1.00 e. The van der Waals surface area contributed by atoms with Gasteiger partial charge < -0.3 is 57.9 Å². The van der Waals surface area contributed by atoms with E-state index in [9.17, 15) is 42.7 Å². The average molecular weight is 1080 g/mol. The predicted molar refractivity (Wildman–Crippen MR) is 278 cm³/mol. The first kappa shape index (κ1) is 63.5. The molecule has 4 heterocycles. The molecule has 4 saturated heterocycles. The molecule has 0 bridgehead atoms. The van der Waals surface area contributed by atoms with Gasteiger partial charge in [-0.1, -0.05) is 100 Å². The molecule has 6 atom stereocenters. The van der Waals surface area contributed by atoms with E-state index in [1.807, 2.05) is 45.0 Å². The molecule has 0 saturated carbocycles. The Morgan fingerprint density at radius 2 is 1.01 bits per heavy atom. The van der Waals surface area contributed by atoms with Crippen molar-refractivity contribution in [3.05, 3.63) is 136 Å². The Morgan fingerprint density at radius 1 is 0.667 bits per heavy atom. The number of methoxy groups -OCH3 is 1. The van der Waals surface area contributed by atoms with Gasteiger partial charge in [0, 0.05) is 47.6 Å². The smallest absolute Gasteiger partial charge is 0.870 e. The van der Waals surface area contributed by atoms with Crippen LogP contribution < -0.4 is 45.4 Å². The molecule has 9 N–H and O–H groups in total. The molecule has 4 aromatic carbocycles. The number of halogens is 4. The van der Waals surface area contributed by atoms with Crippen LogP contribution in [0.15, 0.2) is 97.1 Å². The predicted octanol–water partition coefficient (Wildman–Crippen LogP) is 7.51. The van der Waals surface area contributed by atoms with E-state index in [0.717, 1.165) is 11.1 Å². The van der Waals surface area contributed by atoms with Crippen molar-refractivity contribution in [3.63, 3.8) is 0 Å². The minimum atomic E-state index is -1.07. The molecule has 4 aliphatic rings. The number of nitrogens with two attached hydrogens (primary N) is 1. The van der Waals surface area contributed by atoms with Gasteiger partial charge in [-0.3, -0.25) is 9.59 Å². The van der Waals surface area contributed by atoms with Gasteiger partial charge in [0.25, 0.3) is 0 Å². The van der Waals surface area contributed by atoms with E-state index in [0.29, 0.717) is 86.1 Å². The molecular weight excluding hydrogens is 1010 g/mol. The van der Waals surface area contributed by atoms with Gasteiger partial charge in [0.2, 0.25) is 11.8 Å². The normalized spacial score (nSPS) is 19.5. The molecule has 0 radical (unpaired) electrons. The monoisotopic (exact) mass is 1070 g/mol. The number of carboxylic acids is 1. The minimum Gasteiger partial charge on any atom is -0.870 e. The Balaban J connectivity index is 0.000000375. The molecule has 4 aromatic rings. The molecule has 2 spiro atoms. The third-order valence-corrected chi connectivity index (χ3v) is 15.5. The summed E-state index contributed by atoms with van der Waals surface area (Å²) in [6.45, 7) is 8.83. The Hall–Kier alpha value is -5.78. The first-order valence-corrected chi connectivity index (χ1v) is 24.8. The number of ether oxygens (including phenoxy) is 1. The van der Waals surface area contributed by atoms with Crippen molar-refractivity contribution in [1.82, 2.24) is 26.6 Å². The number of nitrogens with zero attached hydrogens (tertiary/aromatic N) is 4. The third-order valence-electron chi connectivity index (χ3n) is 15.0. The number of esters is 1. The summed E-state index contributed by atoms with van der Waals surface area (Å²) in [6.07, 6.45) is 3.05. The van der Waals surface area contributed by atoms with E-state index < -0.39 is 52.5 Å². The maximum atomic E-state index is 14.0. The zero-order valence-electron chi connectivity index (χ0n) is 43.1. The number of β-lactam (4-membered cyclic amide) rings is 2. The van der Waals surface area contributed by atoms with Crippen LogP contribution in [-0.4, -0.2) is 102 Å². The topological polar surface area (TPSA) is 267 Å². The number of urea groups is 2. The van der Waals surface area contributed by atoms with Gasteiger partial charge in [0.15, 0.2) is 0 Å². The number of carbonyl (C=O) groups excluding carboxylic acids is 5. The number of aliphatic carboxylic acids is 1.